The molecule has 0 aliphatic heterocycles. The molecule has 0 atom stereocenters. The molecule has 158 valence electrons. The highest BCUT2D eigenvalue weighted by molar-refractivity contribution is 7.98. The Labute approximate surface area is 187 Å². The lowest BCUT2D eigenvalue weighted by Crippen LogP contribution is -2.24. The molecular formula is C25H19FN4OS. The molecule has 0 fully saturated rings. The zero-order valence-corrected chi connectivity index (χ0v) is 17.9. The topological polar surface area (TPSA) is 52.2 Å². The molecule has 7 heteroatoms. The normalized spacial score (nSPS) is 11.3. The van der Waals surface area contributed by atoms with Crippen LogP contribution in [0.2, 0.25) is 0 Å². The zero-order chi connectivity index (χ0) is 22.1. The molecule has 0 spiro atoms. The largest absolute Gasteiger partial charge is 0.272 e. The molecule has 0 saturated heterocycles. The van der Waals surface area contributed by atoms with Gasteiger partial charge in [0.1, 0.15) is 5.82 Å². The molecule has 32 heavy (non-hydrogen) atoms. The number of hydrogen-bond donors (Lipinski definition) is 0. The first-order valence-electron chi connectivity index (χ1n) is 10.1. The fraction of sp³-hybridized carbons (Fsp3) is 0.0800. The molecule has 2 aromatic heterocycles. The van der Waals surface area contributed by atoms with E-state index in [0.717, 1.165) is 22.2 Å². The Morgan fingerprint density at radius 1 is 0.938 bits per heavy atom. The van der Waals surface area contributed by atoms with Crippen molar-refractivity contribution in [3.8, 4) is 0 Å². The van der Waals surface area contributed by atoms with E-state index in [-0.39, 0.29) is 17.9 Å². The minimum atomic E-state index is -0.313. The Kier molecular flexibility index (Phi) is 5.33. The summed E-state index contributed by atoms with van der Waals surface area (Å²) in [6, 6.07) is 21.8. The lowest BCUT2D eigenvalue weighted by Gasteiger charge is -2.11. The molecule has 0 saturated carbocycles. The van der Waals surface area contributed by atoms with Crippen molar-refractivity contribution >= 4 is 34.5 Å². The molecular weight excluding hydrogens is 423 g/mol. The van der Waals surface area contributed by atoms with Crippen LogP contribution >= 0.6 is 11.8 Å². The standard InChI is InChI=1S/C25H19FN4OS/c1-2-17-7-9-19(10-8-17)16-32-25-28-27-24-29(15-18-11-13-20(26)14-12-18)23(31)21-5-3-4-6-22(21)30(24)25/h2-14H,1,15-16H2. The second kappa shape index (κ2) is 8.43. The number of fused-ring (bicyclic) bond motifs is 3. The summed E-state index contributed by atoms with van der Waals surface area (Å²) in [5, 5.41) is 10.0. The second-order valence-electron chi connectivity index (χ2n) is 7.39. The van der Waals surface area contributed by atoms with Gasteiger partial charge in [0.15, 0.2) is 5.16 Å². The Bertz CT molecular complexity index is 1490. The van der Waals surface area contributed by atoms with Crippen LogP contribution in [-0.2, 0) is 12.3 Å². The fourth-order valence-corrected chi connectivity index (χ4v) is 4.54. The molecule has 5 rings (SSSR count). The highest BCUT2D eigenvalue weighted by atomic mass is 32.2. The van der Waals surface area contributed by atoms with Crippen molar-refractivity contribution in [1.29, 1.82) is 0 Å². The van der Waals surface area contributed by atoms with Gasteiger partial charge in [-0.3, -0.25) is 13.8 Å². The van der Waals surface area contributed by atoms with Crippen molar-refractivity contribution in [1.82, 2.24) is 19.2 Å². The van der Waals surface area contributed by atoms with E-state index in [1.807, 2.05) is 40.8 Å². The van der Waals surface area contributed by atoms with Gasteiger partial charge in [0.25, 0.3) is 5.56 Å². The number of halogens is 1. The van der Waals surface area contributed by atoms with Crippen LogP contribution < -0.4 is 5.56 Å². The van der Waals surface area contributed by atoms with Crippen LogP contribution in [0.15, 0.2) is 89.3 Å². The summed E-state index contributed by atoms with van der Waals surface area (Å²) in [5.41, 5.74) is 3.65. The van der Waals surface area contributed by atoms with Gasteiger partial charge >= 0.3 is 0 Å². The van der Waals surface area contributed by atoms with Crippen LogP contribution in [0.4, 0.5) is 4.39 Å². The Morgan fingerprint density at radius 3 is 2.41 bits per heavy atom. The van der Waals surface area contributed by atoms with E-state index < -0.39 is 0 Å². The van der Waals surface area contributed by atoms with E-state index in [4.69, 9.17) is 0 Å². The Balaban J connectivity index is 1.59. The van der Waals surface area contributed by atoms with E-state index in [2.05, 4.69) is 28.9 Å². The third-order valence-corrected chi connectivity index (χ3v) is 6.32. The van der Waals surface area contributed by atoms with Gasteiger partial charge in [0.05, 0.1) is 17.4 Å². The quantitative estimate of drug-likeness (QED) is 0.341. The van der Waals surface area contributed by atoms with Gasteiger partial charge in [-0.25, -0.2) is 4.39 Å². The van der Waals surface area contributed by atoms with E-state index in [1.165, 1.54) is 12.1 Å². The van der Waals surface area contributed by atoms with Gasteiger partial charge in [0.2, 0.25) is 5.78 Å². The van der Waals surface area contributed by atoms with Crippen LogP contribution in [0, 0.1) is 5.82 Å². The average molecular weight is 443 g/mol. The Morgan fingerprint density at radius 2 is 1.66 bits per heavy atom. The SMILES string of the molecule is C=Cc1ccc(CSc2nnc3n(Cc4ccc(F)cc4)c(=O)c4ccccc4n23)cc1. The molecule has 0 amide bonds. The lowest BCUT2D eigenvalue weighted by molar-refractivity contribution is 0.626. The number of thioether (sulfide) groups is 1. The van der Waals surface area contributed by atoms with Crippen molar-refractivity contribution in [3.05, 3.63) is 112 Å². The molecule has 0 aliphatic rings. The molecule has 0 bridgehead atoms. The summed E-state index contributed by atoms with van der Waals surface area (Å²) in [4.78, 5) is 13.3. The molecule has 0 unspecified atom stereocenters. The highest BCUT2D eigenvalue weighted by Gasteiger charge is 2.17. The minimum absolute atomic E-state index is 0.151. The molecule has 0 N–H and O–H groups in total. The summed E-state index contributed by atoms with van der Waals surface area (Å²) < 4.78 is 16.8. The van der Waals surface area contributed by atoms with Crippen LogP contribution in [-0.4, -0.2) is 19.2 Å². The maximum Gasteiger partial charge on any atom is 0.263 e. The third-order valence-electron chi connectivity index (χ3n) is 5.32. The minimum Gasteiger partial charge on any atom is -0.272 e. The van der Waals surface area contributed by atoms with Gasteiger partial charge in [-0.05, 0) is 41.0 Å². The highest BCUT2D eigenvalue weighted by Crippen LogP contribution is 2.25. The van der Waals surface area contributed by atoms with E-state index >= 15 is 0 Å². The summed E-state index contributed by atoms with van der Waals surface area (Å²) >= 11 is 1.56. The first kappa shape index (κ1) is 20.2. The van der Waals surface area contributed by atoms with Gasteiger partial charge in [-0.15, -0.1) is 10.2 Å². The van der Waals surface area contributed by atoms with Crippen LogP contribution in [0.3, 0.4) is 0 Å². The lowest BCUT2D eigenvalue weighted by atomic mass is 10.1. The number of aromatic nitrogens is 4. The molecule has 3 aromatic carbocycles. The summed E-state index contributed by atoms with van der Waals surface area (Å²) in [6.07, 6.45) is 1.81. The van der Waals surface area contributed by atoms with Crippen molar-refractivity contribution in [3.63, 3.8) is 0 Å². The number of rotatable bonds is 6. The van der Waals surface area contributed by atoms with E-state index in [9.17, 15) is 9.18 Å². The molecule has 2 heterocycles. The van der Waals surface area contributed by atoms with Crippen LogP contribution in [0.5, 0.6) is 0 Å². The monoisotopic (exact) mass is 442 g/mol. The van der Waals surface area contributed by atoms with Crippen LogP contribution in [0.25, 0.3) is 22.8 Å². The predicted molar refractivity (Wildman–Crippen MR) is 126 cm³/mol. The van der Waals surface area contributed by atoms with Gasteiger partial charge in [-0.2, -0.15) is 0 Å². The smallest absolute Gasteiger partial charge is 0.263 e. The number of nitrogens with zero attached hydrogens (tertiary/aromatic N) is 4. The molecule has 5 nitrogen and oxygen atoms in total. The first-order chi connectivity index (χ1) is 15.6. The number of hydrogen-bond acceptors (Lipinski definition) is 4. The summed E-state index contributed by atoms with van der Waals surface area (Å²) in [6.45, 7) is 4.06. The summed E-state index contributed by atoms with van der Waals surface area (Å²) in [5.74, 6) is 0.860. The fourth-order valence-electron chi connectivity index (χ4n) is 3.64. The van der Waals surface area contributed by atoms with Crippen molar-refractivity contribution in [2.24, 2.45) is 0 Å². The van der Waals surface area contributed by atoms with Crippen molar-refractivity contribution < 1.29 is 4.39 Å². The molecule has 5 aromatic rings. The van der Waals surface area contributed by atoms with E-state index in [0.29, 0.717) is 22.1 Å². The maximum absolute atomic E-state index is 13.3. The molecule has 0 radical (unpaired) electrons. The number of para-hydroxylation sites is 1. The summed E-state index contributed by atoms with van der Waals surface area (Å²) in [7, 11) is 0. The van der Waals surface area contributed by atoms with Gasteiger partial charge in [-0.1, -0.05) is 72.9 Å². The number of benzene rings is 3. The predicted octanol–water partition coefficient (Wildman–Crippen LogP) is 5.17. The molecule has 0 aliphatic carbocycles. The van der Waals surface area contributed by atoms with Crippen molar-refractivity contribution in [2.45, 2.75) is 17.5 Å². The zero-order valence-electron chi connectivity index (χ0n) is 17.1. The maximum atomic E-state index is 13.3. The first-order valence-corrected chi connectivity index (χ1v) is 11.1. The van der Waals surface area contributed by atoms with E-state index in [1.54, 1.807) is 34.5 Å². The average Bonchev–Trinajstić information content (AvgIpc) is 3.26. The Hall–Kier alpha value is -3.71. The third kappa shape index (κ3) is 3.71. The van der Waals surface area contributed by atoms with Gasteiger partial charge < -0.3 is 0 Å². The van der Waals surface area contributed by atoms with Crippen LogP contribution in [0.1, 0.15) is 16.7 Å². The second-order valence-corrected chi connectivity index (χ2v) is 8.33. The van der Waals surface area contributed by atoms with Gasteiger partial charge in [0, 0.05) is 5.75 Å². The van der Waals surface area contributed by atoms with Crippen molar-refractivity contribution in [2.75, 3.05) is 0 Å².